The summed E-state index contributed by atoms with van der Waals surface area (Å²) in [4.78, 5) is 12.3. The van der Waals surface area contributed by atoms with Crippen LogP contribution in [0.5, 0.6) is 5.75 Å². The number of hydrogen-bond donors (Lipinski definition) is 1. The first kappa shape index (κ1) is 15.7. The monoisotopic (exact) mass is 323 g/mol. The Morgan fingerprint density at radius 3 is 2.46 bits per heavy atom. The van der Waals surface area contributed by atoms with Crippen LogP contribution in [0, 0.1) is 13.8 Å². The molecule has 0 aliphatic carbocycles. The van der Waals surface area contributed by atoms with Crippen LogP contribution in [0.2, 0.25) is 0 Å². The van der Waals surface area contributed by atoms with Crippen LogP contribution < -0.4 is 10.1 Å². The molecule has 1 amide bonds. The molecule has 1 aromatic heterocycles. The van der Waals surface area contributed by atoms with E-state index in [4.69, 9.17) is 9.15 Å². The van der Waals surface area contributed by atoms with Crippen molar-refractivity contribution in [3.63, 3.8) is 0 Å². The minimum absolute atomic E-state index is 0.0593. The van der Waals surface area contributed by atoms with Gasteiger partial charge in [0.1, 0.15) is 5.75 Å². The Morgan fingerprint density at radius 1 is 1.04 bits per heavy atom. The number of methoxy groups -OCH3 is 1. The molecule has 0 saturated carbocycles. The molecule has 0 aliphatic rings. The molecule has 0 saturated heterocycles. The molecule has 24 heavy (non-hydrogen) atoms. The number of aryl methyl sites for hydroxylation is 2. The van der Waals surface area contributed by atoms with Gasteiger partial charge in [0.15, 0.2) is 0 Å². The second kappa shape index (κ2) is 6.54. The standard InChI is InChI=1S/C18H17N3O3/c1-11-4-5-14(10-12(11)2)16(22)19-18-21-20-17(24-18)13-6-8-15(23-3)9-7-13/h4-10H,1-3H3,(H,19,21,22). The quantitative estimate of drug-likeness (QED) is 0.793. The number of nitrogens with one attached hydrogen (secondary N) is 1. The van der Waals surface area contributed by atoms with Crippen molar-refractivity contribution in [2.75, 3.05) is 12.4 Å². The zero-order valence-electron chi connectivity index (χ0n) is 13.7. The summed E-state index contributed by atoms with van der Waals surface area (Å²) >= 11 is 0. The Labute approximate surface area is 139 Å². The van der Waals surface area contributed by atoms with E-state index in [9.17, 15) is 4.79 Å². The summed E-state index contributed by atoms with van der Waals surface area (Å²) in [6, 6.07) is 12.8. The zero-order valence-corrected chi connectivity index (χ0v) is 13.7. The van der Waals surface area contributed by atoms with E-state index >= 15 is 0 Å². The van der Waals surface area contributed by atoms with Gasteiger partial charge in [-0.1, -0.05) is 11.2 Å². The van der Waals surface area contributed by atoms with Crippen molar-refractivity contribution in [3.05, 3.63) is 59.2 Å². The third-order valence-electron chi connectivity index (χ3n) is 3.75. The second-order valence-electron chi connectivity index (χ2n) is 5.39. The Hall–Kier alpha value is -3.15. The van der Waals surface area contributed by atoms with Gasteiger partial charge in [-0.25, -0.2) is 0 Å². The number of aromatic nitrogens is 2. The molecule has 1 heterocycles. The van der Waals surface area contributed by atoms with E-state index in [0.717, 1.165) is 22.4 Å². The maximum Gasteiger partial charge on any atom is 0.322 e. The molecule has 0 spiro atoms. The summed E-state index contributed by atoms with van der Waals surface area (Å²) in [7, 11) is 1.60. The number of hydrogen-bond acceptors (Lipinski definition) is 5. The van der Waals surface area contributed by atoms with Gasteiger partial charge >= 0.3 is 6.01 Å². The predicted octanol–water partition coefficient (Wildman–Crippen LogP) is 3.61. The molecule has 2 aromatic carbocycles. The van der Waals surface area contributed by atoms with E-state index in [-0.39, 0.29) is 11.9 Å². The fourth-order valence-electron chi connectivity index (χ4n) is 2.18. The van der Waals surface area contributed by atoms with Crippen molar-refractivity contribution in [2.45, 2.75) is 13.8 Å². The molecule has 0 radical (unpaired) electrons. The number of carbonyl (C=O) groups excluding carboxylic acids is 1. The molecule has 3 aromatic rings. The van der Waals surface area contributed by atoms with Gasteiger partial charge in [0, 0.05) is 11.1 Å². The third-order valence-corrected chi connectivity index (χ3v) is 3.75. The van der Waals surface area contributed by atoms with Gasteiger partial charge in [-0.05, 0) is 61.4 Å². The van der Waals surface area contributed by atoms with Gasteiger partial charge in [0.25, 0.3) is 5.91 Å². The average Bonchev–Trinajstić information content (AvgIpc) is 3.06. The van der Waals surface area contributed by atoms with Crippen molar-refractivity contribution in [1.29, 1.82) is 0 Å². The lowest BCUT2D eigenvalue weighted by molar-refractivity contribution is 0.102. The fraction of sp³-hybridized carbons (Fsp3) is 0.167. The lowest BCUT2D eigenvalue weighted by Crippen LogP contribution is -2.12. The maximum atomic E-state index is 12.3. The summed E-state index contributed by atoms with van der Waals surface area (Å²) in [6.45, 7) is 3.96. The van der Waals surface area contributed by atoms with Crippen LogP contribution in [0.1, 0.15) is 21.5 Å². The van der Waals surface area contributed by atoms with E-state index in [1.807, 2.05) is 26.0 Å². The van der Waals surface area contributed by atoms with Crippen LogP contribution in [0.4, 0.5) is 6.01 Å². The number of benzene rings is 2. The molecule has 0 unspecified atom stereocenters. The van der Waals surface area contributed by atoms with E-state index in [2.05, 4.69) is 15.5 Å². The largest absolute Gasteiger partial charge is 0.497 e. The van der Waals surface area contributed by atoms with Crippen molar-refractivity contribution in [2.24, 2.45) is 0 Å². The van der Waals surface area contributed by atoms with Crippen LogP contribution in [-0.2, 0) is 0 Å². The SMILES string of the molecule is COc1ccc(-c2nnc(NC(=O)c3ccc(C)c(C)c3)o2)cc1. The van der Waals surface area contributed by atoms with Crippen molar-refractivity contribution < 1.29 is 13.9 Å². The number of rotatable bonds is 4. The van der Waals surface area contributed by atoms with Gasteiger partial charge in [0.2, 0.25) is 5.89 Å². The van der Waals surface area contributed by atoms with Gasteiger partial charge < -0.3 is 9.15 Å². The van der Waals surface area contributed by atoms with E-state index < -0.39 is 0 Å². The average molecular weight is 323 g/mol. The van der Waals surface area contributed by atoms with Gasteiger partial charge in [0.05, 0.1) is 7.11 Å². The number of nitrogens with zero attached hydrogens (tertiary/aromatic N) is 2. The Kier molecular flexibility index (Phi) is 4.29. The van der Waals surface area contributed by atoms with Crippen LogP contribution in [0.3, 0.4) is 0 Å². The topological polar surface area (TPSA) is 77.3 Å². The number of amides is 1. The molecule has 0 aliphatic heterocycles. The van der Waals surface area contributed by atoms with Crippen LogP contribution >= 0.6 is 0 Å². The number of anilines is 1. The van der Waals surface area contributed by atoms with Crippen LogP contribution in [0.15, 0.2) is 46.9 Å². The summed E-state index contributed by atoms with van der Waals surface area (Å²) in [5.41, 5.74) is 3.47. The highest BCUT2D eigenvalue weighted by Gasteiger charge is 2.13. The van der Waals surface area contributed by atoms with Crippen LogP contribution in [0.25, 0.3) is 11.5 Å². The summed E-state index contributed by atoms with van der Waals surface area (Å²) in [6.07, 6.45) is 0. The van der Waals surface area contributed by atoms with Gasteiger partial charge in [-0.2, -0.15) is 0 Å². The Morgan fingerprint density at radius 2 is 1.79 bits per heavy atom. The Balaban J connectivity index is 1.75. The van der Waals surface area contributed by atoms with Gasteiger partial charge in [-0.3, -0.25) is 10.1 Å². The maximum absolute atomic E-state index is 12.3. The first-order valence-electron chi connectivity index (χ1n) is 7.43. The molecule has 0 atom stereocenters. The summed E-state index contributed by atoms with van der Waals surface area (Å²) in [5.74, 6) is 0.776. The highest BCUT2D eigenvalue weighted by Crippen LogP contribution is 2.22. The molecular weight excluding hydrogens is 306 g/mol. The lowest BCUT2D eigenvalue weighted by atomic mass is 10.1. The molecule has 0 bridgehead atoms. The van der Waals surface area contributed by atoms with Crippen molar-refractivity contribution in [1.82, 2.24) is 10.2 Å². The Bertz CT molecular complexity index is 869. The minimum atomic E-state index is -0.289. The van der Waals surface area contributed by atoms with Crippen molar-refractivity contribution in [3.8, 4) is 17.2 Å². The summed E-state index contributed by atoms with van der Waals surface area (Å²) in [5, 5.41) is 10.4. The first-order valence-corrected chi connectivity index (χ1v) is 7.43. The number of carbonyl (C=O) groups is 1. The predicted molar refractivity (Wildman–Crippen MR) is 90.2 cm³/mol. The fourth-order valence-corrected chi connectivity index (χ4v) is 2.18. The minimum Gasteiger partial charge on any atom is -0.497 e. The lowest BCUT2D eigenvalue weighted by Gasteiger charge is -2.04. The highest BCUT2D eigenvalue weighted by atomic mass is 16.5. The smallest absolute Gasteiger partial charge is 0.322 e. The molecule has 0 fully saturated rings. The molecule has 6 heteroatoms. The first-order chi connectivity index (χ1) is 11.6. The van der Waals surface area contributed by atoms with E-state index in [1.165, 1.54) is 0 Å². The number of ether oxygens (including phenoxy) is 1. The zero-order chi connectivity index (χ0) is 17.1. The summed E-state index contributed by atoms with van der Waals surface area (Å²) < 4.78 is 10.6. The van der Waals surface area contributed by atoms with Crippen molar-refractivity contribution >= 4 is 11.9 Å². The molecular formula is C18H17N3O3. The van der Waals surface area contributed by atoms with E-state index in [1.54, 1.807) is 37.4 Å². The highest BCUT2D eigenvalue weighted by molar-refractivity contribution is 6.03. The van der Waals surface area contributed by atoms with Gasteiger partial charge in [-0.15, -0.1) is 5.10 Å². The van der Waals surface area contributed by atoms with E-state index in [0.29, 0.717) is 11.5 Å². The third kappa shape index (κ3) is 3.27. The van der Waals surface area contributed by atoms with Crippen LogP contribution in [-0.4, -0.2) is 23.2 Å². The molecule has 6 nitrogen and oxygen atoms in total. The molecule has 1 N–H and O–H groups in total. The molecule has 3 rings (SSSR count). The normalized spacial score (nSPS) is 10.5. The second-order valence-corrected chi connectivity index (χ2v) is 5.39. The molecule has 122 valence electrons.